The van der Waals surface area contributed by atoms with E-state index in [4.69, 9.17) is 48.4 Å². The Labute approximate surface area is 243 Å². The molecule has 10 nitrogen and oxygen atoms in total. The topological polar surface area (TPSA) is 109 Å². The number of nitrogens with two attached hydrogens (primary N) is 1. The van der Waals surface area contributed by atoms with Crippen molar-refractivity contribution in [2.24, 2.45) is 5.73 Å². The van der Waals surface area contributed by atoms with E-state index in [1.807, 2.05) is 27.7 Å². The van der Waals surface area contributed by atoms with Crippen LogP contribution < -0.4 is 5.73 Å². The zero-order valence-corrected chi connectivity index (χ0v) is 28.4. The molecule has 0 aromatic rings. The first kappa shape index (κ1) is 39.0. The second kappa shape index (κ2) is 32.5. The van der Waals surface area contributed by atoms with E-state index >= 15 is 0 Å². The van der Waals surface area contributed by atoms with Gasteiger partial charge in [-0.25, -0.2) is 0 Å². The fourth-order valence-electron chi connectivity index (χ4n) is 3.97. The Morgan fingerprint density at radius 2 is 0.846 bits per heavy atom. The summed E-state index contributed by atoms with van der Waals surface area (Å²) in [6.45, 7) is 16.6. The van der Waals surface area contributed by atoms with E-state index in [-0.39, 0.29) is 17.9 Å². The Morgan fingerprint density at radius 3 is 1.21 bits per heavy atom. The van der Waals surface area contributed by atoms with Crippen LogP contribution in [0, 0.1) is 0 Å². The van der Waals surface area contributed by atoms with Gasteiger partial charge in [0.15, 0.2) is 0 Å². The van der Waals surface area contributed by atoms with Crippen LogP contribution in [0.2, 0.25) is 12.1 Å². The molecule has 0 saturated heterocycles. The van der Waals surface area contributed by atoms with E-state index in [1.165, 1.54) is 12.1 Å². The Hall–Kier alpha value is 0.0338. The Kier molecular flexibility index (Phi) is 32.6. The molecule has 2 N–H and O–H groups in total. The molecule has 0 aliphatic rings. The van der Waals surface area contributed by atoms with Crippen LogP contribution in [0.1, 0.15) is 53.4 Å². The maximum Gasteiger partial charge on any atom is 0.134 e. The monoisotopic (exact) mass is 599 g/mol. The van der Waals surface area contributed by atoms with E-state index < -0.39 is 19.0 Å². The van der Waals surface area contributed by atoms with Crippen molar-refractivity contribution >= 4 is 19.0 Å². The van der Waals surface area contributed by atoms with Crippen LogP contribution >= 0.6 is 0 Å². The van der Waals surface area contributed by atoms with Crippen molar-refractivity contribution in [3.05, 3.63) is 0 Å². The van der Waals surface area contributed by atoms with Crippen LogP contribution in [0.25, 0.3) is 0 Å². The summed E-state index contributed by atoms with van der Waals surface area (Å²) < 4.78 is 51.1. The molecule has 0 rings (SSSR count). The smallest absolute Gasteiger partial charge is 0.134 e. The standard InChI is InChI=1S/C27H61NO9Si2/c1-5-33-26(34-6-2)38-23-9-11-25(12-10-24-39-27(35-7-3)36-8-4)37-22-21-32-20-19-31-18-17-30-16-15-29-14-13-28/h25-27H,5-24,28,38-39H2,1-4H3. The predicted molar refractivity (Wildman–Crippen MR) is 161 cm³/mol. The normalized spacial score (nSPS) is 13.3. The lowest BCUT2D eigenvalue weighted by Crippen LogP contribution is -2.25. The van der Waals surface area contributed by atoms with Crippen molar-refractivity contribution in [2.45, 2.75) is 83.4 Å². The summed E-state index contributed by atoms with van der Waals surface area (Å²) >= 11 is 0. The summed E-state index contributed by atoms with van der Waals surface area (Å²) in [5.41, 5.74) is 5.37. The predicted octanol–water partition coefficient (Wildman–Crippen LogP) is 1.84. The van der Waals surface area contributed by atoms with Crippen LogP contribution in [-0.4, -0.2) is 129 Å². The highest BCUT2D eigenvalue weighted by molar-refractivity contribution is 6.36. The third-order valence-corrected chi connectivity index (χ3v) is 9.50. The molecule has 0 heterocycles. The van der Waals surface area contributed by atoms with Crippen LogP contribution in [0.4, 0.5) is 0 Å². The Morgan fingerprint density at radius 1 is 0.487 bits per heavy atom. The fraction of sp³-hybridized carbons (Fsp3) is 1.00. The maximum atomic E-state index is 6.25. The molecule has 0 bridgehead atoms. The van der Waals surface area contributed by atoms with Crippen molar-refractivity contribution in [3.63, 3.8) is 0 Å². The van der Waals surface area contributed by atoms with E-state index in [0.717, 1.165) is 25.7 Å². The second-order valence-electron chi connectivity index (χ2n) is 8.98. The maximum absolute atomic E-state index is 6.25. The van der Waals surface area contributed by atoms with Crippen molar-refractivity contribution in [1.82, 2.24) is 0 Å². The van der Waals surface area contributed by atoms with Crippen LogP contribution in [0.5, 0.6) is 0 Å². The average Bonchev–Trinajstić information content (AvgIpc) is 2.93. The molecule has 0 unspecified atom stereocenters. The van der Waals surface area contributed by atoms with E-state index in [1.54, 1.807) is 0 Å². The SMILES string of the molecule is CCOC(OCC)[SiH2]CCCC(CCC[SiH2]C(OCC)OCC)OCCOCCOCCOCCOCCN. The van der Waals surface area contributed by atoms with Gasteiger partial charge >= 0.3 is 0 Å². The molecule has 0 aromatic carbocycles. The highest BCUT2D eigenvalue weighted by Crippen LogP contribution is 2.14. The van der Waals surface area contributed by atoms with Crippen LogP contribution in [0.3, 0.4) is 0 Å². The van der Waals surface area contributed by atoms with E-state index in [0.29, 0.717) is 92.4 Å². The molecule has 0 aliphatic carbocycles. The lowest BCUT2D eigenvalue weighted by molar-refractivity contribution is -0.0830. The largest absolute Gasteiger partial charge is 0.378 e. The molecule has 0 amide bonds. The number of rotatable bonds is 33. The van der Waals surface area contributed by atoms with Gasteiger partial charge in [0.1, 0.15) is 11.8 Å². The van der Waals surface area contributed by atoms with Gasteiger partial charge in [-0.3, -0.25) is 0 Å². The zero-order valence-electron chi connectivity index (χ0n) is 25.5. The van der Waals surface area contributed by atoms with Crippen molar-refractivity contribution in [1.29, 1.82) is 0 Å². The summed E-state index contributed by atoms with van der Waals surface area (Å²) in [6, 6.07) is 2.41. The van der Waals surface area contributed by atoms with Gasteiger partial charge in [-0.05, 0) is 40.5 Å². The zero-order chi connectivity index (χ0) is 28.7. The summed E-state index contributed by atoms with van der Waals surface area (Å²) in [6.07, 6.45) is 4.71. The summed E-state index contributed by atoms with van der Waals surface area (Å²) in [5.74, 6) is 0.0777. The van der Waals surface area contributed by atoms with E-state index in [2.05, 4.69) is 0 Å². The van der Waals surface area contributed by atoms with Crippen LogP contribution in [-0.2, 0) is 42.6 Å². The minimum Gasteiger partial charge on any atom is -0.378 e. The van der Waals surface area contributed by atoms with Gasteiger partial charge < -0.3 is 48.4 Å². The van der Waals surface area contributed by atoms with Crippen molar-refractivity contribution in [3.8, 4) is 0 Å². The second-order valence-corrected chi connectivity index (χ2v) is 12.9. The molecular weight excluding hydrogens is 538 g/mol. The molecule has 0 aliphatic heterocycles. The molecule has 0 atom stereocenters. The first-order chi connectivity index (χ1) is 19.2. The van der Waals surface area contributed by atoms with Gasteiger partial charge in [0.2, 0.25) is 0 Å². The average molecular weight is 600 g/mol. The van der Waals surface area contributed by atoms with Gasteiger partial charge in [0, 0.05) is 33.0 Å². The summed E-state index contributed by atoms with van der Waals surface area (Å²) in [4.78, 5) is 0. The van der Waals surface area contributed by atoms with Gasteiger partial charge in [-0.15, -0.1) is 0 Å². The van der Waals surface area contributed by atoms with E-state index in [9.17, 15) is 0 Å². The van der Waals surface area contributed by atoms with Gasteiger partial charge in [-0.1, -0.05) is 24.9 Å². The molecule has 0 fully saturated rings. The van der Waals surface area contributed by atoms with Gasteiger partial charge in [0.05, 0.1) is 84.6 Å². The molecule has 0 saturated carbocycles. The first-order valence-electron chi connectivity index (χ1n) is 15.3. The van der Waals surface area contributed by atoms with Gasteiger partial charge in [0.25, 0.3) is 0 Å². The summed E-state index contributed by atoms with van der Waals surface area (Å²) in [7, 11) is -0.834. The molecule has 0 spiro atoms. The van der Waals surface area contributed by atoms with Crippen molar-refractivity contribution in [2.75, 3.05) is 92.4 Å². The van der Waals surface area contributed by atoms with Crippen molar-refractivity contribution < 1.29 is 42.6 Å². The number of hydrogen-bond donors (Lipinski definition) is 1. The molecule has 39 heavy (non-hydrogen) atoms. The fourth-order valence-corrected chi connectivity index (χ4v) is 7.40. The minimum absolute atomic E-state index is 0.0389. The first-order valence-corrected chi connectivity index (χ1v) is 18.9. The van der Waals surface area contributed by atoms with Gasteiger partial charge in [-0.2, -0.15) is 0 Å². The number of ether oxygens (including phenoxy) is 9. The Balaban J connectivity index is 4.12. The quantitative estimate of drug-likeness (QED) is 0.0682. The highest BCUT2D eigenvalue weighted by atomic mass is 28.2. The Bertz CT molecular complexity index is 437. The third kappa shape index (κ3) is 28.0. The number of hydrogen-bond acceptors (Lipinski definition) is 10. The molecule has 0 radical (unpaired) electrons. The molecule has 236 valence electrons. The highest BCUT2D eigenvalue weighted by Gasteiger charge is 2.14. The lowest BCUT2D eigenvalue weighted by Gasteiger charge is -2.20. The minimum atomic E-state index is -0.417. The molecular formula is C27H61NO9Si2. The summed E-state index contributed by atoms with van der Waals surface area (Å²) in [5, 5.41) is 0. The van der Waals surface area contributed by atoms with Crippen LogP contribution in [0.15, 0.2) is 0 Å². The molecule has 0 aromatic heterocycles. The lowest BCUT2D eigenvalue weighted by atomic mass is 10.1. The third-order valence-electron chi connectivity index (χ3n) is 5.80. The molecule has 12 heteroatoms.